The van der Waals surface area contributed by atoms with Crippen molar-refractivity contribution in [2.45, 2.75) is 144 Å². The molecule has 0 aromatic heterocycles. The van der Waals surface area contributed by atoms with Crippen molar-refractivity contribution in [2.75, 3.05) is 39.3 Å². The fourth-order valence-electron chi connectivity index (χ4n) is 10.9. The SMILES string of the molecule is CC(C)CCC[C@@H](C)[C@H]1CC[C@H]2[C@@H]3CC=C4C[C@@H](OC(=O)C(C)C(=O)N(CCCN)CCCCNCCCN)CC[C@]4(C)[C@H]3CC[C@]12C.Cl.Cl.Cl. The molecule has 3 fully saturated rings. The number of hydrogen-bond acceptors (Lipinski definition) is 6. The number of rotatable bonds is 19. The summed E-state index contributed by atoms with van der Waals surface area (Å²) in [6.45, 7) is 18.5. The van der Waals surface area contributed by atoms with Crippen LogP contribution in [0.5, 0.6) is 0 Å². The number of carbonyl (C=O) groups is 2. The van der Waals surface area contributed by atoms with Crippen LogP contribution in [0, 0.1) is 52.3 Å². The van der Waals surface area contributed by atoms with Crippen LogP contribution in [0.15, 0.2) is 11.6 Å². The molecule has 1 unspecified atom stereocenters. The Bertz CT molecular complexity index is 1080. The minimum atomic E-state index is -0.789. The maximum atomic E-state index is 13.5. The number of nitrogens with one attached hydrogen (secondary N) is 1. The third-order valence-corrected chi connectivity index (χ3v) is 13.8. The molecule has 0 saturated heterocycles. The Morgan fingerprint density at radius 3 is 2.24 bits per heavy atom. The highest BCUT2D eigenvalue weighted by Crippen LogP contribution is 2.67. The van der Waals surface area contributed by atoms with Gasteiger partial charge in [-0.1, -0.05) is 65.5 Å². The summed E-state index contributed by atoms with van der Waals surface area (Å²) in [5, 5.41) is 3.40. The van der Waals surface area contributed by atoms with Crippen LogP contribution >= 0.6 is 37.2 Å². The Morgan fingerprint density at radius 1 is 0.863 bits per heavy atom. The van der Waals surface area contributed by atoms with Gasteiger partial charge in [0.1, 0.15) is 12.0 Å². The summed E-state index contributed by atoms with van der Waals surface area (Å²) in [5.41, 5.74) is 13.6. The summed E-state index contributed by atoms with van der Waals surface area (Å²) >= 11 is 0. The Kier molecular flexibility index (Phi) is 21.6. The number of ether oxygens (including phenoxy) is 1. The van der Waals surface area contributed by atoms with E-state index in [-0.39, 0.29) is 60.6 Å². The van der Waals surface area contributed by atoms with Gasteiger partial charge in [0.2, 0.25) is 5.91 Å². The van der Waals surface area contributed by atoms with Gasteiger partial charge >= 0.3 is 5.97 Å². The fourth-order valence-corrected chi connectivity index (χ4v) is 10.9. The van der Waals surface area contributed by atoms with Crippen molar-refractivity contribution < 1.29 is 14.3 Å². The Morgan fingerprint density at radius 2 is 1.55 bits per heavy atom. The number of amides is 1. The number of esters is 1. The van der Waals surface area contributed by atoms with E-state index in [2.05, 4.69) is 46.0 Å². The van der Waals surface area contributed by atoms with Crippen LogP contribution in [-0.2, 0) is 14.3 Å². The highest BCUT2D eigenvalue weighted by atomic mass is 35.5. The number of nitrogens with two attached hydrogens (primary N) is 2. The van der Waals surface area contributed by atoms with Crippen molar-refractivity contribution in [1.29, 1.82) is 0 Å². The van der Waals surface area contributed by atoms with Crippen LogP contribution in [0.25, 0.3) is 0 Å². The van der Waals surface area contributed by atoms with E-state index < -0.39 is 5.92 Å². The van der Waals surface area contributed by atoms with Crippen molar-refractivity contribution in [3.8, 4) is 0 Å². The van der Waals surface area contributed by atoms with Gasteiger partial charge in [-0.25, -0.2) is 0 Å². The first-order valence-electron chi connectivity index (χ1n) is 20.3. The van der Waals surface area contributed by atoms with Crippen LogP contribution in [0.4, 0.5) is 0 Å². The lowest BCUT2D eigenvalue weighted by molar-refractivity contribution is -0.161. The lowest BCUT2D eigenvalue weighted by Gasteiger charge is -2.58. The van der Waals surface area contributed by atoms with E-state index in [1.54, 1.807) is 6.92 Å². The van der Waals surface area contributed by atoms with Gasteiger partial charge in [0.15, 0.2) is 0 Å². The molecule has 1 amide bonds. The van der Waals surface area contributed by atoms with Crippen LogP contribution in [-0.4, -0.2) is 62.1 Å². The third-order valence-electron chi connectivity index (χ3n) is 13.8. The van der Waals surface area contributed by atoms with Gasteiger partial charge in [-0.05, 0) is 150 Å². The summed E-state index contributed by atoms with van der Waals surface area (Å²) < 4.78 is 6.14. The Labute approximate surface area is 331 Å². The number of halogens is 3. The number of hydrogen-bond donors (Lipinski definition) is 3. The molecular weight excluding hydrogens is 703 g/mol. The van der Waals surface area contributed by atoms with E-state index >= 15 is 0 Å². The van der Waals surface area contributed by atoms with Crippen molar-refractivity contribution in [2.24, 2.45) is 63.7 Å². The van der Waals surface area contributed by atoms with E-state index in [1.807, 2.05) is 4.90 Å². The average Bonchev–Trinajstić information content (AvgIpc) is 3.42. The van der Waals surface area contributed by atoms with Gasteiger partial charge in [-0.15, -0.1) is 37.2 Å². The molecule has 4 aliphatic rings. The minimum Gasteiger partial charge on any atom is -0.461 e. The molecule has 4 rings (SSSR count). The molecule has 0 spiro atoms. The largest absolute Gasteiger partial charge is 0.461 e. The molecule has 5 N–H and O–H groups in total. The maximum absolute atomic E-state index is 13.5. The van der Waals surface area contributed by atoms with E-state index in [0.717, 1.165) is 93.5 Å². The number of nitrogens with zero attached hydrogens (tertiary/aromatic N) is 1. The van der Waals surface area contributed by atoms with Crippen molar-refractivity contribution in [1.82, 2.24) is 10.2 Å². The predicted octanol–water partition coefficient (Wildman–Crippen LogP) is 8.74. The Balaban J connectivity index is 0.00000433. The molecule has 0 aliphatic heterocycles. The lowest BCUT2D eigenvalue weighted by atomic mass is 9.47. The van der Waals surface area contributed by atoms with Crippen molar-refractivity contribution in [3.63, 3.8) is 0 Å². The van der Waals surface area contributed by atoms with Gasteiger partial charge in [0.05, 0.1) is 0 Å². The predicted molar refractivity (Wildman–Crippen MR) is 220 cm³/mol. The minimum absolute atomic E-state index is 0. The van der Waals surface area contributed by atoms with Gasteiger partial charge in [-0.3, -0.25) is 9.59 Å². The maximum Gasteiger partial charge on any atom is 0.318 e. The summed E-state index contributed by atoms with van der Waals surface area (Å²) in [7, 11) is 0. The number of allylic oxidation sites excluding steroid dienone is 1. The average molecular weight is 780 g/mol. The molecule has 7 nitrogen and oxygen atoms in total. The van der Waals surface area contributed by atoms with Crippen molar-refractivity contribution >= 4 is 49.1 Å². The summed E-state index contributed by atoms with van der Waals surface area (Å²) in [6, 6.07) is 0. The molecule has 300 valence electrons. The first kappa shape index (κ1) is 48.4. The normalized spacial score (nSPS) is 30.6. The molecular formula is C41H77Cl3N4O3. The van der Waals surface area contributed by atoms with E-state index in [0.29, 0.717) is 31.6 Å². The van der Waals surface area contributed by atoms with E-state index in [1.165, 1.54) is 56.9 Å². The first-order valence-corrected chi connectivity index (χ1v) is 20.3. The molecule has 0 aromatic carbocycles. The zero-order chi connectivity index (χ0) is 34.9. The highest BCUT2D eigenvalue weighted by Gasteiger charge is 2.59. The first-order chi connectivity index (χ1) is 23.0. The smallest absolute Gasteiger partial charge is 0.318 e. The summed E-state index contributed by atoms with van der Waals surface area (Å²) in [6.07, 6.45) is 19.7. The molecule has 4 aliphatic carbocycles. The van der Waals surface area contributed by atoms with E-state index in [4.69, 9.17) is 16.2 Å². The standard InChI is InChI=1S/C41H74N4O3.3ClH/c1-29(2)12-9-13-30(3)35-16-17-36-34-15-14-32-28-33(18-20-40(32,5)37(34)19-21-41(35,36)6)48-39(47)31(4)38(46)45(27-11-23-43)26-8-7-24-44-25-10-22-42;;;/h14,29-31,33-37,44H,7-13,15-28,42-43H2,1-6H3;3*1H/t30-,31?,33+,34+,35-,36+,37+,40+,41-;;;/m1.../s1. The molecule has 3 saturated carbocycles. The van der Waals surface area contributed by atoms with Gasteiger partial charge in [-0.2, -0.15) is 0 Å². The number of carbonyl (C=O) groups excluding carboxylic acids is 2. The van der Waals surface area contributed by atoms with E-state index in [9.17, 15) is 9.59 Å². The van der Waals surface area contributed by atoms with Crippen LogP contribution in [0.1, 0.15) is 138 Å². The summed E-state index contributed by atoms with van der Waals surface area (Å²) in [5.74, 6) is 3.63. The third kappa shape index (κ3) is 12.0. The Hall–Kier alpha value is -0.570. The van der Waals surface area contributed by atoms with Crippen LogP contribution in [0.3, 0.4) is 0 Å². The number of fused-ring (bicyclic) bond motifs is 5. The van der Waals surface area contributed by atoms with Crippen LogP contribution < -0.4 is 16.8 Å². The summed E-state index contributed by atoms with van der Waals surface area (Å²) in [4.78, 5) is 28.7. The molecule has 0 radical (unpaired) electrons. The van der Waals surface area contributed by atoms with Gasteiger partial charge < -0.3 is 26.4 Å². The lowest BCUT2D eigenvalue weighted by Crippen LogP contribution is -2.51. The zero-order valence-electron chi connectivity index (χ0n) is 33.1. The van der Waals surface area contributed by atoms with Crippen LogP contribution in [0.2, 0.25) is 0 Å². The topological polar surface area (TPSA) is 111 Å². The second kappa shape index (κ2) is 22.7. The fraction of sp³-hybridized carbons (Fsp3) is 0.902. The quantitative estimate of drug-likeness (QED) is 0.0524. The molecule has 0 bridgehead atoms. The zero-order valence-corrected chi connectivity index (χ0v) is 35.5. The second-order valence-electron chi connectivity index (χ2n) is 17.4. The molecule has 0 heterocycles. The van der Waals surface area contributed by atoms with Gasteiger partial charge in [0, 0.05) is 19.5 Å². The number of unbranched alkanes of at least 4 members (excludes halogenated alkanes) is 1. The monoisotopic (exact) mass is 779 g/mol. The molecule has 10 heteroatoms. The van der Waals surface area contributed by atoms with Crippen molar-refractivity contribution in [3.05, 3.63) is 11.6 Å². The van der Waals surface area contributed by atoms with Gasteiger partial charge in [0.25, 0.3) is 0 Å². The molecule has 9 atom stereocenters. The second-order valence-corrected chi connectivity index (χ2v) is 17.4. The molecule has 0 aromatic rings. The molecule has 51 heavy (non-hydrogen) atoms. The highest BCUT2D eigenvalue weighted by molar-refractivity contribution is 5.97.